The van der Waals surface area contributed by atoms with E-state index in [0.717, 1.165) is 44.3 Å². The summed E-state index contributed by atoms with van der Waals surface area (Å²) in [5.41, 5.74) is 15.1. The van der Waals surface area contributed by atoms with Crippen molar-refractivity contribution in [1.29, 1.82) is 0 Å². The van der Waals surface area contributed by atoms with Crippen LogP contribution in [-0.4, -0.2) is 9.55 Å². The first-order valence-corrected chi connectivity index (χ1v) is 18.3. The summed E-state index contributed by atoms with van der Waals surface area (Å²) in [4.78, 5) is 5.38. The highest BCUT2D eigenvalue weighted by molar-refractivity contribution is 6.20. The average Bonchev–Trinajstić information content (AvgIpc) is 3.82. The Morgan fingerprint density at radius 3 is 1.72 bits per heavy atom. The fourth-order valence-electron chi connectivity index (χ4n) is 9.88. The van der Waals surface area contributed by atoms with Crippen LogP contribution in [0.1, 0.15) is 22.3 Å². The van der Waals surface area contributed by atoms with Crippen LogP contribution in [0.2, 0.25) is 0 Å². The van der Waals surface area contributed by atoms with Crippen molar-refractivity contribution in [2.75, 3.05) is 0 Å². The third kappa shape index (κ3) is 3.69. The van der Waals surface area contributed by atoms with E-state index in [1.165, 1.54) is 74.2 Å². The van der Waals surface area contributed by atoms with E-state index in [9.17, 15) is 8.78 Å². The largest absolute Gasteiger partial charge is 0.309 e. The van der Waals surface area contributed by atoms with Crippen LogP contribution in [0.4, 0.5) is 8.78 Å². The molecule has 54 heavy (non-hydrogen) atoms. The fraction of sp³-hybridized carbons (Fsp3) is 0.0200. The van der Waals surface area contributed by atoms with Gasteiger partial charge in [-0.15, -0.1) is 0 Å². The number of halogens is 2. The molecule has 0 bridgehead atoms. The molecule has 2 heterocycles. The van der Waals surface area contributed by atoms with Gasteiger partial charge in [0.25, 0.3) is 0 Å². The molecule has 1 spiro atoms. The first kappa shape index (κ1) is 29.6. The number of benzene rings is 8. The summed E-state index contributed by atoms with van der Waals surface area (Å²) in [7, 11) is 0. The molecule has 2 aromatic heterocycles. The van der Waals surface area contributed by atoms with Gasteiger partial charge in [0.1, 0.15) is 11.6 Å². The smallest absolute Gasteiger partial charge is 0.123 e. The van der Waals surface area contributed by atoms with Crippen molar-refractivity contribution < 1.29 is 8.78 Å². The number of para-hydroxylation sites is 1. The van der Waals surface area contributed by atoms with Crippen molar-refractivity contribution in [1.82, 2.24) is 9.55 Å². The number of pyridine rings is 1. The maximum Gasteiger partial charge on any atom is 0.123 e. The zero-order valence-electron chi connectivity index (χ0n) is 28.8. The number of fused-ring (bicyclic) bond motifs is 17. The Hall–Kier alpha value is -6.91. The second-order valence-corrected chi connectivity index (χ2v) is 14.5. The second-order valence-electron chi connectivity index (χ2n) is 14.5. The highest BCUT2D eigenvalue weighted by atomic mass is 19.1. The zero-order valence-corrected chi connectivity index (χ0v) is 28.8. The molecule has 0 N–H and O–H groups in total. The number of hydrogen-bond acceptors (Lipinski definition) is 1. The molecule has 0 amide bonds. The molecule has 252 valence electrons. The van der Waals surface area contributed by atoms with Gasteiger partial charge in [-0.05, 0) is 99.1 Å². The van der Waals surface area contributed by atoms with Gasteiger partial charge in [-0.3, -0.25) is 0 Å². The molecule has 10 aromatic rings. The molecule has 8 aromatic carbocycles. The summed E-state index contributed by atoms with van der Waals surface area (Å²) in [6.45, 7) is 0. The van der Waals surface area contributed by atoms with E-state index in [-0.39, 0.29) is 11.6 Å². The van der Waals surface area contributed by atoms with Crippen molar-refractivity contribution in [2.24, 2.45) is 0 Å². The number of nitrogens with zero attached hydrogens (tertiary/aromatic N) is 2. The lowest BCUT2D eigenvalue weighted by Crippen LogP contribution is -2.25. The highest BCUT2D eigenvalue weighted by Crippen LogP contribution is 2.64. The molecule has 2 nitrogen and oxygen atoms in total. The number of hydrogen-bond donors (Lipinski definition) is 0. The summed E-state index contributed by atoms with van der Waals surface area (Å²) in [6, 6.07) is 57.6. The van der Waals surface area contributed by atoms with Crippen LogP contribution in [-0.2, 0) is 5.41 Å². The number of rotatable bonds is 2. The van der Waals surface area contributed by atoms with Crippen molar-refractivity contribution in [3.05, 3.63) is 204 Å². The quantitative estimate of drug-likeness (QED) is 0.165. The van der Waals surface area contributed by atoms with Crippen LogP contribution >= 0.6 is 0 Å². The molecular weight excluding hydrogens is 667 g/mol. The maximum absolute atomic E-state index is 14.6. The average molecular weight is 695 g/mol. The van der Waals surface area contributed by atoms with Crippen molar-refractivity contribution >= 4 is 43.5 Å². The van der Waals surface area contributed by atoms with Gasteiger partial charge in [0, 0.05) is 38.2 Å². The SMILES string of the molecule is Fc1ccc2c(c1)c1cc(F)ccc1n2-c1cccc(-c2nc3ccccc3c3c4c(ccc23)C2(c3ccccc3-c3ccccc32)c2ccccc2-4)c1. The van der Waals surface area contributed by atoms with E-state index in [1.54, 1.807) is 12.1 Å². The van der Waals surface area contributed by atoms with Crippen molar-refractivity contribution in [3.63, 3.8) is 0 Å². The third-order valence-electron chi connectivity index (χ3n) is 11.9. The molecule has 0 atom stereocenters. The Balaban J connectivity index is 1.17. The van der Waals surface area contributed by atoms with E-state index < -0.39 is 5.41 Å². The molecule has 4 heteroatoms. The monoisotopic (exact) mass is 694 g/mol. The summed E-state index contributed by atoms with van der Waals surface area (Å²) in [5.74, 6) is -0.710. The first-order chi connectivity index (χ1) is 26.6. The Bertz CT molecular complexity index is 3160. The molecule has 0 unspecified atom stereocenters. The van der Waals surface area contributed by atoms with Gasteiger partial charge in [-0.1, -0.05) is 115 Å². The minimum atomic E-state index is -0.451. The minimum Gasteiger partial charge on any atom is -0.309 e. The molecule has 0 fully saturated rings. The molecular formula is C50H28F2N2. The Labute approximate surface area is 309 Å². The van der Waals surface area contributed by atoms with Crippen LogP contribution in [0.3, 0.4) is 0 Å². The molecule has 2 aliphatic rings. The van der Waals surface area contributed by atoms with Crippen molar-refractivity contribution in [3.8, 4) is 39.2 Å². The van der Waals surface area contributed by atoms with Crippen molar-refractivity contribution in [2.45, 2.75) is 5.41 Å². The van der Waals surface area contributed by atoms with Gasteiger partial charge in [0.05, 0.1) is 27.7 Å². The van der Waals surface area contributed by atoms with Crippen LogP contribution in [0.5, 0.6) is 0 Å². The molecule has 0 saturated carbocycles. The topological polar surface area (TPSA) is 17.8 Å². The van der Waals surface area contributed by atoms with Crippen LogP contribution in [0, 0.1) is 11.6 Å². The summed E-state index contributed by atoms with van der Waals surface area (Å²) < 4.78 is 31.2. The van der Waals surface area contributed by atoms with Crippen LogP contribution in [0.15, 0.2) is 170 Å². The lowest BCUT2D eigenvalue weighted by Gasteiger charge is -2.30. The van der Waals surface area contributed by atoms with E-state index in [0.29, 0.717) is 10.8 Å². The van der Waals surface area contributed by atoms with Gasteiger partial charge < -0.3 is 4.57 Å². The number of aromatic nitrogens is 2. The molecule has 0 aliphatic heterocycles. The predicted octanol–water partition coefficient (Wildman–Crippen LogP) is 12.8. The normalized spacial score (nSPS) is 13.5. The summed E-state index contributed by atoms with van der Waals surface area (Å²) in [6.07, 6.45) is 0. The van der Waals surface area contributed by atoms with Crippen LogP contribution in [0.25, 0.3) is 82.7 Å². The molecule has 0 radical (unpaired) electrons. The van der Waals surface area contributed by atoms with Crippen LogP contribution < -0.4 is 0 Å². The summed E-state index contributed by atoms with van der Waals surface area (Å²) >= 11 is 0. The Morgan fingerprint density at radius 1 is 0.444 bits per heavy atom. The van der Waals surface area contributed by atoms with Gasteiger partial charge >= 0.3 is 0 Å². The zero-order chi connectivity index (χ0) is 35.7. The van der Waals surface area contributed by atoms with E-state index in [4.69, 9.17) is 4.98 Å². The predicted molar refractivity (Wildman–Crippen MR) is 215 cm³/mol. The van der Waals surface area contributed by atoms with E-state index in [1.807, 2.05) is 12.1 Å². The van der Waals surface area contributed by atoms with Gasteiger partial charge in [0.15, 0.2) is 0 Å². The standard InChI is InChI=1S/C50H28F2N2/c51-30-20-24-45-38(27-30)39-28-31(52)21-25-46(39)54(45)32-11-9-10-29(26-32)49-37-22-23-43-48(47(37)36-15-4-8-19-44(36)53-49)35-14-3-7-18-42(35)50(43)40-16-5-1-12-33(40)34-13-2-6-17-41(34)50/h1-28H. The van der Waals surface area contributed by atoms with Gasteiger partial charge in [-0.25, -0.2) is 13.8 Å². The molecule has 2 aliphatic carbocycles. The lowest BCUT2D eigenvalue weighted by atomic mass is 9.70. The minimum absolute atomic E-state index is 0.355. The Kier molecular flexibility index (Phi) is 5.81. The highest BCUT2D eigenvalue weighted by Gasteiger charge is 2.52. The first-order valence-electron chi connectivity index (χ1n) is 18.3. The Morgan fingerprint density at radius 2 is 1.04 bits per heavy atom. The molecule has 12 rings (SSSR count). The summed E-state index contributed by atoms with van der Waals surface area (Å²) in [5, 5.41) is 4.71. The van der Waals surface area contributed by atoms with Gasteiger partial charge in [-0.2, -0.15) is 0 Å². The fourth-order valence-corrected chi connectivity index (χ4v) is 9.88. The van der Waals surface area contributed by atoms with E-state index in [2.05, 4.69) is 126 Å². The molecule has 0 saturated heterocycles. The van der Waals surface area contributed by atoms with E-state index >= 15 is 0 Å². The maximum atomic E-state index is 14.6. The third-order valence-corrected chi connectivity index (χ3v) is 11.9. The van der Waals surface area contributed by atoms with Gasteiger partial charge in [0.2, 0.25) is 0 Å². The second kappa shape index (κ2) is 10.6. The lowest BCUT2D eigenvalue weighted by molar-refractivity contribution is 0.628.